The lowest BCUT2D eigenvalue weighted by Gasteiger charge is -2.49. The summed E-state index contributed by atoms with van der Waals surface area (Å²) in [6.45, 7) is 1.67. The number of nitrogens with one attached hydrogen (secondary N) is 1. The highest BCUT2D eigenvalue weighted by Gasteiger charge is 2.54. The smallest absolute Gasteiger partial charge is 0.352 e. The van der Waals surface area contributed by atoms with E-state index in [-0.39, 0.29) is 22.2 Å². The largest absolute Gasteiger partial charge is 0.477 e. The van der Waals surface area contributed by atoms with Crippen LogP contribution in [-0.4, -0.2) is 62.8 Å². The lowest BCUT2D eigenvalue weighted by Crippen LogP contribution is -2.71. The maximum atomic E-state index is 12.5. The Balaban J connectivity index is 1.78. The fourth-order valence-corrected chi connectivity index (χ4v) is 4.52. The molecule has 26 heavy (non-hydrogen) atoms. The van der Waals surface area contributed by atoms with Crippen molar-refractivity contribution in [3.63, 3.8) is 0 Å². The zero-order valence-electron chi connectivity index (χ0n) is 13.8. The predicted octanol–water partition coefficient (Wildman–Crippen LogP) is -0.166. The minimum absolute atomic E-state index is 0.0256. The van der Waals surface area contributed by atoms with Gasteiger partial charge in [-0.25, -0.2) is 9.78 Å². The van der Waals surface area contributed by atoms with Gasteiger partial charge >= 0.3 is 5.97 Å². The van der Waals surface area contributed by atoms with E-state index in [1.54, 1.807) is 12.3 Å². The molecule has 3 rings (SSSR count). The van der Waals surface area contributed by atoms with Gasteiger partial charge in [0.05, 0.1) is 0 Å². The molecule has 0 unspecified atom stereocenters. The molecule has 0 aromatic carbocycles. The number of aliphatic carboxylic acids is 1. The Bertz CT molecular complexity index is 849. The zero-order valence-corrected chi connectivity index (χ0v) is 15.4. The number of aromatic nitrogens is 1. The van der Waals surface area contributed by atoms with Crippen molar-refractivity contribution in [2.45, 2.75) is 18.3 Å². The maximum absolute atomic E-state index is 12.5. The summed E-state index contributed by atoms with van der Waals surface area (Å²) < 4.78 is 0. The first-order valence-electron chi connectivity index (χ1n) is 7.36. The summed E-state index contributed by atoms with van der Waals surface area (Å²) in [7, 11) is 1.28. The lowest BCUT2D eigenvalue weighted by atomic mass is 10.0. The van der Waals surface area contributed by atoms with Crippen molar-refractivity contribution < 1.29 is 24.3 Å². The first-order valence-corrected chi connectivity index (χ1v) is 9.29. The van der Waals surface area contributed by atoms with Gasteiger partial charge < -0.3 is 21.0 Å². The Morgan fingerprint density at radius 1 is 1.54 bits per heavy atom. The summed E-state index contributed by atoms with van der Waals surface area (Å²) in [5.41, 5.74) is 6.27. The highest BCUT2D eigenvalue weighted by Crippen LogP contribution is 2.40. The van der Waals surface area contributed by atoms with Gasteiger partial charge in [-0.15, -0.1) is 23.1 Å². The topological polar surface area (TPSA) is 147 Å². The van der Waals surface area contributed by atoms with Gasteiger partial charge in [-0.1, -0.05) is 5.16 Å². The molecule has 2 atom stereocenters. The molecule has 3 heterocycles. The zero-order chi connectivity index (χ0) is 19.0. The Morgan fingerprint density at radius 3 is 2.85 bits per heavy atom. The lowest BCUT2D eigenvalue weighted by molar-refractivity contribution is -0.150. The number of carboxylic acid groups (broad SMARTS) is 1. The van der Waals surface area contributed by atoms with E-state index in [1.807, 2.05) is 0 Å². The van der Waals surface area contributed by atoms with Gasteiger partial charge in [-0.05, 0) is 12.5 Å². The number of anilines is 1. The van der Waals surface area contributed by atoms with Gasteiger partial charge in [0.15, 0.2) is 10.8 Å². The maximum Gasteiger partial charge on any atom is 0.352 e. The molecule has 2 aliphatic rings. The fraction of sp³-hybridized carbons (Fsp3) is 0.357. The van der Waals surface area contributed by atoms with Crippen LogP contribution in [0.25, 0.3) is 0 Å². The van der Waals surface area contributed by atoms with Crippen LogP contribution >= 0.6 is 23.1 Å². The van der Waals surface area contributed by atoms with Gasteiger partial charge in [-0.3, -0.25) is 14.5 Å². The second-order valence-corrected chi connectivity index (χ2v) is 7.48. The summed E-state index contributed by atoms with van der Waals surface area (Å²) >= 11 is 2.52. The van der Waals surface area contributed by atoms with E-state index < -0.39 is 29.2 Å². The SMILES string of the molecule is CO/N=C(\C(=O)N[C@H]1C(=O)N2C(C(=O)O)=C(C)CS[C@H]12)c1csc(N)n1. The van der Waals surface area contributed by atoms with Crippen LogP contribution in [0, 0.1) is 0 Å². The number of thioether (sulfide) groups is 1. The second kappa shape index (κ2) is 6.96. The standard InChI is InChI=1S/C14H15N5O5S2/c1-5-3-25-12-8(11(21)19(12)9(5)13(22)23)17-10(20)7(18-24-2)6-4-26-14(15)16-6/h4,8,12H,3H2,1-2H3,(H2,15,16)(H,17,20)(H,22,23)/b18-7-/t8-,12+/m0/s1. The van der Waals surface area contributed by atoms with Crippen LogP contribution < -0.4 is 11.1 Å². The number of nitrogens with two attached hydrogens (primary N) is 1. The molecule has 0 saturated carbocycles. The van der Waals surface area contributed by atoms with Crippen LogP contribution in [0.5, 0.6) is 0 Å². The van der Waals surface area contributed by atoms with Crippen molar-refractivity contribution >= 4 is 51.7 Å². The van der Waals surface area contributed by atoms with Crippen LogP contribution in [0.1, 0.15) is 12.6 Å². The highest BCUT2D eigenvalue weighted by molar-refractivity contribution is 8.00. The average molecular weight is 397 g/mol. The molecule has 2 amide bonds. The highest BCUT2D eigenvalue weighted by atomic mass is 32.2. The van der Waals surface area contributed by atoms with E-state index in [2.05, 4.69) is 20.3 Å². The summed E-state index contributed by atoms with van der Waals surface area (Å²) in [6.07, 6.45) is 0. The number of fused-ring (bicyclic) bond motifs is 1. The third-order valence-electron chi connectivity index (χ3n) is 3.81. The summed E-state index contributed by atoms with van der Waals surface area (Å²) in [4.78, 5) is 46.2. The number of amides is 2. The first-order chi connectivity index (χ1) is 12.3. The molecule has 0 bridgehead atoms. The van der Waals surface area contributed by atoms with Gasteiger partial charge in [0.2, 0.25) is 0 Å². The summed E-state index contributed by atoms with van der Waals surface area (Å²) in [5, 5.41) is 16.9. The van der Waals surface area contributed by atoms with E-state index in [1.165, 1.54) is 23.8 Å². The molecule has 1 aromatic rings. The molecule has 10 nitrogen and oxygen atoms in total. The molecule has 0 spiro atoms. The van der Waals surface area contributed by atoms with Gasteiger partial charge in [0, 0.05) is 11.1 Å². The third kappa shape index (κ3) is 3.01. The summed E-state index contributed by atoms with van der Waals surface area (Å²) in [6, 6.07) is -0.854. The van der Waals surface area contributed by atoms with Gasteiger partial charge in [-0.2, -0.15) is 0 Å². The minimum Gasteiger partial charge on any atom is -0.477 e. The van der Waals surface area contributed by atoms with Crippen LogP contribution in [0.15, 0.2) is 21.8 Å². The number of hydrogen-bond acceptors (Lipinski definition) is 9. The fourth-order valence-electron chi connectivity index (χ4n) is 2.68. The van der Waals surface area contributed by atoms with E-state index >= 15 is 0 Å². The van der Waals surface area contributed by atoms with Crippen LogP contribution in [0.4, 0.5) is 5.13 Å². The monoisotopic (exact) mass is 397 g/mol. The number of β-lactam (4-membered cyclic amide) rings is 1. The van der Waals surface area contributed by atoms with Crippen LogP contribution in [-0.2, 0) is 19.2 Å². The van der Waals surface area contributed by atoms with Crippen molar-refractivity contribution in [2.75, 3.05) is 18.6 Å². The first kappa shape index (κ1) is 18.2. The molecule has 4 N–H and O–H groups in total. The normalized spacial score (nSPS) is 22.6. The Labute approximate surface area is 156 Å². The molecule has 1 aromatic heterocycles. The van der Waals surface area contributed by atoms with E-state index in [0.29, 0.717) is 11.3 Å². The van der Waals surface area contributed by atoms with Crippen molar-refractivity contribution in [1.82, 2.24) is 15.2 Å². The van der Waals surface area contributed by atoms with Crippen LogP contribution in [0.3, 0.4) is 0 Å². The number of carbonyl (C=O) groups is 3. The molecule has 138 valence electrons. The molecule has 2 aliphatic heterocycles. The number of thiazole rings is 1. The van der Waals surface area contributed by atoms with Gasteiger partial charge in [0.1, 0.15) is 29.9 Å². The van der Waals surface area contributed by atoms with E-state index in [4.69, 9.17) is 5.73 Å². The number of rotatable bonds is 5. The molecule has 1 fully saturated rings. The van der Waals surface area contributed by atoms with Crippen molar-refractivity contribution in [3.8, 4) is 0 Å². The number of nitrogen functional groups attached to an aromatic ring is 1. The summed E-state index contributed by atoms with van der Waals surface area (Å²) in [5.74, 6) is -1.84. The van der Waals surface area contributed by atoms with Crippen molar-refractivity contribution in [1.29, 1.82) is 0 Å². The van der Waals surface area contributed by atoms with E-state index in [0.717, 1.165) is 11.3 Å². The molecule has 0 radical (unpaired) electrons. The minimum atomic E-state index is -1.16. The quantitative estimate of drug-likeness (QED) is 0.353. The molecule has 1 saturated heterocycles. The van der Waals surface area contributed by atoms with E-state index in [9.17, 15) is 19.5 Å². The predicted molar refractivity (Wildman–Crippen MR) is 95.4 cm³/mol. The van der Waals surface area contributed by atoms with Gasteiger partial charge in [0.25, 0.3) is 11.8 Å². The molecule has 0 aliphatic carbocycles. The average Bonchev–Trinajstić information content (AvgIpc) is 3.02. The second-order valence-electron chi connectivity index (χ2n) is 5.49. The Morgan fingerprint density at radius 2 is 2.27 bits per heavy atom. The molecular weight excluding hydrogens is 382 g/mol. The van der Waals surface area contributed by atoms with Crippen molar-refractivity contribution in [3.05, 3.63) is 22.3 Å². The number of nitrogens with zero attached hydrogens (tertiary/aromatic N) is 3. The van der Waals surface area contributed by atoms with Crippen LogP contribution in [0.2, 0.25) is 0 Å². The third-order valence-corrected chi connectivity index (χ3v) is 5.91. The number of oxime groups is 1. The number of carbonyl (C=O) groups excluding carboxylic acids is 2. The molecule has 12 heteroatoms. The van der Waals surface area contributed by atoms with Crippen molar-refractivity contribution in [2.24, 2.45) is 5.16 Å². The molecular formula is C14H15N5O5S2. The Kier molecular flexibility index (Phi) is 4.87. The Hall–Kier alpha value is -2.60. The number of hydrogen-bond donors (Lipinski definition) is 3. The number of carboxylic acids is 1.